The molecule has 0 amide bonds. The molecule has 0 fully saturated rings. The molecule has 0 unspecified atom stereocenters. The molecule has 0 aliphatic carbocycles. The lowest BCUT2D eigenvalue weighted by Gasteiger charge is -2.09. The Labute approximate surface area is 122 Å². The maximum atomic E-state index is 10.9. The Morgan fingerprint density at radius 1 is 1.33 bits per heavy atom. The van der Waals surface area contributed by atoms with Gasteiger partial charge in [0.15, 0.2) is 0 Å². The second-order valence-corrected chi connectivity index (χ2v) is 4.63. The zero-order valence-corrected chi connectivity index (χ0v) is 11.8. The van der Waals surface area contributed by atoms with E-state index in [0.717, 1.165) is 17.7 Å². The Bertz CT molecular complexity index is 627. The lowest BCUT2D eigenvalue weighted by molar-refractivity contribution is -0.385. The molecule has 0 aliphatic heterocycles. The molecule has 6 heteroatoms. The van der Waals surface area contributed by atoms with Gasteiger partial charge >= 0.3 is 0 Å². The summed E-state index contributed by atoms with van der Waals surface area (Å²) in [5.41, 5.74) is 7.89. The topological polar surface area (TPSA) is 91.3 Å². The summed E-state index contributed by atoms with van der Waals surface area (Å²) >= 11 is 0. The molecule has 0 radical (unpaired) electrons. The van der Waals surface area contributed by atoms with Crippen LogP contribution in [0.3, 0.4) is 0 Å². The number of aromatic nitrogens is 1. The van der Waals surface area contributed by atoms with E-state index in [4.69, 9.17) is 10.5 Å². The van der Waals surface area contributed by atoms with Crippen molar-refractivity contribution in [2.75, 3.05) is 6.54 Å². The second-order valence-electron chi connectivity index (χ2n) is 4.63. The zero-order valence-electron chi connectivity index (χ0n) is 11.8. The fourth-order valence-electron chi connectivity index (χ4n) is 1.98. The first kappa shape index (κ1) is 14.9. The maximum Gasteiger partial charge on any atom is 0.272 e. The Kier molecular flexibility index (Phi) is 4.84. The number of hydrogen-bond acceptors (Lipinski definition) is 5. The number of rotatable bonds is 6. The number of ether oxygens (including phenoxy) is 1. The molecular formula is C15H17N3O3. The van der Waals surface area contributed by atoms with Gasteiger partial charge in [-0.3, -0.25) is 15.1 Å². The molecule has 21 heavy (non-hydrogen) atoms. The van der Waals surface area contributed by atoms with Gasteiger partial charge in [0.05, 0.1) is 11.1 Å². The van der Waals surface area contributed by atoms with Crippen molar-refractivity contribution in [3.8, 4) is 5.75 Å². The molecule has 1 aromatic heterocycles. The van der Waals surface area contributed by atoms with Gasteiger partial charge in [-0.25, -0.2) is 0 Å². The van der Waals surface area contributed by atoms with E-state index < -0.39 is 0 Å². The van der Waals surface area contributed by atoms with Gasteiger partial charge in [0.1, 0.15) is 12.4 Å². The fourth-order valence-corrected chi connectivity index (χ4v) is 1.98. The third-order valence-corrected chi connectivity index (χ3v) is 3.21. The highest BCUT2D eigenvalue weighted by molar-refractivity contribution is 5.44. The molecule has 1 aromatic carbocycles. The van der Waals surface area contributed by atoms with Gasteiger partial charge in [0.25, 0.3) is 5.69 Å². The minimum atomic E-state index is -0.387. The molecule has 0 spiro atoms. The number of pyridine rings is 1. The molecule has 0 bridgehead atoms. The molecule has 0 aliphatic rings. The molecule has 2 N–H and O–H groups in total. The largest absolute Gasteiger partial charge is 0.487 e. The highest BCUT2D eigenvalue weighted by Gasteiger charge is 2.13. The van der Waals surface area contributed by atoms with Gasteiger partial charge in [-0.15, -0.1) is 0 Å². The van der Waals surface area contributed by atoms with Gasteiger partial charge in [-0.05, 0) is 31.2 Å². The molecule has 110 valence electrons. The van der Waals surface area contributed by atoms with Crippen molar-refractivity contribution in [1.82, 2.24) is 4.98 Å². The lowest BCUT2D eigenvalue weighted by Crippen LogP contribution is -2.04. The zero-order chi connectivity index (χ0) is 15.2. The van der Waals surface area contributed by atoms with Crippen LogP contribution in [0.4, 0.5) is 5.69 Å². The van der Waals surface area contributed by atoms with Crippen LogP contribution in [0.25, 0.3) is 0 Å². The van der Waals surface area contributed by atoms with E-state index in [-0.39, 0.29) is 17.2 Å². The smallest absolute Gasteiger partial charge is 0.272 e. The Hall–Kier alpha value is -2.47. The van der Waals surface area contributed by atoms with E-state index in [1.165, 1.54) is 6.07 Å². The van der Waals surface area contributed by atoms with Crippen LogP contribution in [-0.2, 0) is 13.0 Å². The summed E-state index contributed by atoms with van der Waals surface area (Å²) in [6.07, 6.45) is 2.36. The molecule has 6 nitrogen and oxygen atoms in total. The summed E-state index contributed by atoms with van der Waals surface area (Å²) in [5, 5.41) is 10.9. The molecule has 0 saturated heterocycles. The number of hydrogen-bond donors (Lipinski definition) is 1. The van der Waals surface area contributed by atoms with Gasteiger partial charge in [-0.2, -0.15) is 0 Å². The average Bonchev–Trinajstić information content (AvgIpc) is 2.48. The van der Waals surface area contributed by atoms with E-state index in [2.05, 4.69) is 4.98 Å². The molecule has 2 rings (SSSR count). The maximum absolute atomic E-state index is 10.9. The predicted molar refractivity (Wildman–Crippen MR) is 79.2 cm³/mol. The number of nitro benzene ring substituents is 1. The quantitative estimate of drug-likeness (QED) is 0.650. The molecule has 0 saturated carbocycles. The Morgan fingerprint density at radius 3 is 2.76 bits per heavy atom. The monoisotopic (exact) mass is 287 g/mol. The summed E-state index contributed by atoms with van der Waals surface area (Å²) in [7, 11) is 0. The number of nitrogens with zero attached hydrogens (tertiary/aromatic N) is 2. The van der Waals surface area contributed by atoms with E-state index >= 15 is 0 Å². The fraction of sp³-hybridized carbons (Fsp3) is 0.267. The highest BCUT2D eigenvalue weighted by atomic mass is 16.6. The van der Waals surface area contributed by atoms with Gasteiger partial charge < -0.3 is 10.5 Å². The van der Waals surface area contributed by atoms with E-state index in [1.54, 1.807) is 19.2 Å². The van der Waals surface area contributed by atoms with E-state index in [9.17, 15) is 10.1 Å². The van der Waals surface area contributed by atoms with Crippen molar-refractivity contribution < 1.29 is 9.66 Å². The number of benzene rings is 1. The molecule has 0 atom stereocenters. The minimum absolute atomic E-state index is 0.104. The minimum Gasteiger partial charge on any atom is -0.487 e. The van der Waals surface area contributed by atoms with E-state index in [0.29, 0.717) is 17.9 Å². The predicted octanol–water partition coefficient (Wildman–Crippen LogP) is 2.38. The number of nitrogens with two attached hydrogens (primary N) is 1. The van der Waals surface area contributed by atoms with Gasteiger partial charge in [0, 0.05) is 23.7 Å². The highest BCUT2D eigenvalue weighted by Crippen LogP contribution is 2.22. The summed E-state index contributed by atoms with van der Waals surface area (Å²) in [5.74, 6) is 0.627. The summed E-state index contributed by atoms with van der Waals surface area (Å²) in [6.45, 7) is 2.55. The van der Waals surface area contributed by atoms with Gasteiger partial charge in [-0.1, -0.05) is 12.1 Å². The first-order valence-corrected chi connectivity index (χ1v) is 6.62. The van der Waals surface area contributed by atoms with Crippen molar-refractivity contribution in [1.29, 1.82) is 0 Å². The third kappa shape index (κ3) is 3.76. The molecular weight excluding hydrogens is 270 g/mol. The van der Waals surface area contributed by atoms with Gasteiger partial charge in [0.2, 0.25) is 0 Å². The van der Waals surface area contributed by atoms with Crippen LogP contribution in [0.2, 0.25) is 0 Å². The van der Waals surface area contributed by atoms with Crippen molar-refractivity contribution >= 4 is 5.69 Å². The van der Waals surface area contributed by atoms with Crippen LogP contribution in [-0.4, -0.2) is 16.5 Å². The van der Waals surface area contributed by atoms with Crippen molar-refractivity contribution in [3.05, 3.63) is 63.5 Å². The van der Waals surface area contributed by atoms with Crippen molar-refractivity contribution in [2.45, 2.75) is 20.0 Å². The summed E-state index contributed by atoms with van der Waals surface area (Å²) < 4.78 is 5.62. The van der Waals surface area contributed by atoms with Crippen LogP contribution in [0.15, 0.2) is 36.5 Å². The lowest BCUT2D eigenvalue weighted by atomic mass is 10.1. The standard InChI is InChI=1S/C15H17N3O3/c1-11-12(3-2-4-15(11)18(19)20)10-21-14-6-5-13(7-8-16)17-9-14/h2-6,9H,7-8,10,16H2,1H3. The SMILES string of the molecule is Cc1c(COc2ccc(CCN)nc2)cccc1[N+](=O)[O-]. The first-order valence-electron chi connectivity index (χ1n) is 6.62. The van der Waals surface area contributed by atoms with E-state index in [1.807, 2.05) is 18.2 Å². The molecule has 1 heterocycles. The van der Waals surface area contributed by atoms with Crippen LogP contribution in [0.5, 0.6) is 5.75 Å². The molecule has 2 aromatic rings. The van der Waals surface area contributed by atoms with Crippen LogP contribution in [0, 0.1) is 17.0 Å². The van der Waals surface area contributed by atoms with Crippen molar-refractivity contribution in [2.24, 2.45) is 5.73 Å². The second kappa shape index (κ2) is 6.81. The normalized spacial score (nSPS) is 10.4. The first-order chi connectivity index (χ1) is 10.1. The Balaban J connectivity index is 2.06. The van der Waals surface area contributed by atoms with Crippen LogP contribution >= 0.6 is 0 Å². The summed E-state index contributed by atoms with van der Waals surface area (Å²) in [6, 6.07) is 8.65. The van der Waals surface area contributed by atoms with Crippen molar-refractivity contribution in [3.63, 3.8) is 0 Å². The third-order valence-electron chi connectivity index (χ3n) is 3.21. The van der Waals surface area contributed by atoms with Crippen LogP contribution < -0.4 is 10.5 Å². The van der Waals surface area contributed by atoms with Crippen LogP contribution in [0.1, 0.15) is 16.8 Å². The average molecular weight is 287 g/mol. The number of nitro groups is 1. The Morgan fingerprint density at radius 2 is 2.14 bits per heavy atom. The summed E-state index contributed by atoms with van der Waals surface area (Å²) in [4.78, 5) is 14.7.